The summed E-state index contributed by atoms with van der Waals surface area (Å²) < 4.78 is 34.3. The van der Waals surface area contributed by atoms with E-state index in [2.05, 4.69) is 5.73 Å². The minimum atomic E-state index is -4.79. The second-order valence-electron chi connectivity index (χ2n) is 1.79. The van der Waals surface area contributed by atoms with E-state index in [9.17, 15) is 13.2 Å². The lowest BCUT2D eigenvalue weighted by molar-refractivity contribution is -0.228. The van der Waals surface area contributed by atoms with Crippen molar-refractivity contribution < 1.29 is 23.4 Å². The third kappa shape index (κ3) is 2.51. The van der Waals surface area contributed by atoms with Crippen molar-refractivity contribution in [3.63, 3.8) is 0 Å². The van der Waals surface area contributed by atoms with Gasteiger partial charge in [0.05, 0.1) is 0 Å². The van der Waals surface area contributed by atoms with Crippen molar-refractivity contribution in [2.24, 2.45) is 5.73 Å². The predicted octanol–water partition coefficient (Wildman–Crippen LogP) is -0.771. The summed E-state index contributed by atoms with van der Waals surface area (Å²) in [5.74, 6) is 0. The molecule has 3 nitrogen and oxygen atoms in total. The van der Waals surface area contributed by atoms with Gasteiger partial charge in [0.2, 0.25) is 0 Å². The van der Waals surface area contributed by atoms with E-state index in [1.807, 2.05) is 0 Å². The van der Waals surface area contributed by atoms with Gasteiger partial charge in [-0.3, -0.25) is 0 Å². The van der Waals surface area contributed by atoms with Crippen LogP contribution in [-0.2, 0) is 0 Å². The SMILES string of the molecule is NCC(O)C(O)C(F)(F)F. The van der Waals surface area contributed by atoms with Crippen LogP contribution in [0.25, 0.3) is 0 Å². The Balaban J connectivity index is 3.94. The smallest absolute Gasteiger partial charge is 0.389 e. The molecule has 0 bridgehead atoms. The molecule has 0 aliphatic rings. The average molecular weight is 159 g/mol. The van der Waals surface area contributed by atoms with Crippen LogP contribution in [-0.4, -0.2) is 35.1 Å². The van der Waals surface area contributed by atoms with E-state index in [0.29, 0.717) is 0 Å². The molecule has 0 aromatic rings. The first-order chi connectivity index (χ1) is 4.39. The second-order valence-corrected chi connectivity index (χ2v) is 1.79. The van der Waals surface area contributed by atoms with Crippen molar-refractivity contribution in [2.45, 2.75) is 18.4 Å². The Bertz CT molecular complexity index is 105. The first kappa shape index (κ1) is 9.67. The maximum absolute atomic E-state index is 11.4. The van der Waals surface area contributed by atoms with Gasteiger partial charge in [-0.1, -0.05) is 0 Å². The van der Waals surface area contributed by atoms with Crippen LogP contribution in [0.3, 0.4) is 0 Å². The van der Waals surface area contributed by atoms with Gasteiger partial charge in [0.15, 0.2) is 6.10 Å². The molecule has 0 aromatic carbocycles. The largest absolute Gasteiger partial charge is 0.416 e. The van der Waals surface area contributed by atoms with Crippen molar-refractivity contribution in [3.8, 4) is 0 Å². The summed E-state index contributed by atoms with van der Waals surface area (Å²) in [6.45, 7) is -0.610. The Morgan fingerprint density at radius 3 is 1.80 bits per heavy atom. The van der Waals surface area contributed by atoms with E-state index in [-0.39, 0.29) is 0 Å². The van der Waals surface area contributed by atoms with Crippen LogP contribution < -0.4 is 5.73 Å². The zero-order valence-corrected chi connectivity index (χ0v) is 4.97. The van der Waals surface area contributed by atoms with Gasteiger partial charge in [-0.25, -0.2) is 0 Å². The van der Waals surface area contributed by atoms with E-state index in [1.54, 1.807) is 0 Å². The van der Waals surface area contributed by atoms with Gasteiger partial charge >= 0.3 is 6.18 Å². The van der Waals surface area contributed by atoms with Crippen LogP contribution >= 0.6 is 0 Å². The predicted molar refractivity (Wildman–Crippen MR) is 27.1 cm³/mol. The van der Waals surface area contributed by atoms with Crippen LogP contribution in [0, 0.1) is 0 Å². The highest BCUT2D eigenvalue weighted by atomic mass is 19.4. The fourth-order valence-electron chi connectivity index (χ4n) is 0.347. The monoisotopic (exact) mass is 159 g/mol. The Hall–Kier alpha value is -0.330. The lowest BCUT2D eigenvalue weighted by atomic mass is 10.2. The Kier molecular flexibility index (Phi) is 3.07. The van der Waals surface area contributed by atoms with Crippen molar-refractivity contribution in [1.82, 2.24) is 0 Å². The van der Waals surface area contributed by atoms with Gasteiger partial charge in [0.1, 0.15) is 6.10 Å². The summed E-state index contributed by atoms with van der Waals surface area (Å²) in [7, 11) is 0. The lowest BCUT2D eigenvalue weighted by Gasteiger charge is -2.18. The zero-order valence-electron chi connectivity index (χ0n) is 4.97. The minimum absolute atomic E-state index is 0.610. The summed E-state index contributed by atoms with van der Waals surface area (Å²) in [5, 5.41) is 16.6. The van der Waals surface area contributed by atoms with E-state index >= 15 is 0 Å². The van der Waals surface area contributed by atoms with Crippen molar-refractivity contribution in [2.75, 3.05) is 6.54 Å². The summed E-state index contributed by atoms with van der Waals surface area (Å²) in [6, 6.07) is 0. The Morgan fingerprint density at radius 1 is 1.30 bits per heavy atom. The van der Waals surface area contributed by atoms with Crippen molar-refractivity contribution >= 4 is 0 Å². The first-order valence-corrected chi connectivity index (χ1v) is 2.52. The second kappa shape index (κ2) is 3.18. The number of hydrogen-bond acceptors (Lipinski definition) is 3. The van der Waals surface area contributed by atoms with Crippen LogP contribution in [0.2, 0.25) is 0 Å². The number of halogens is 3. The standard InChI is InChI=1S/C4H8F3NO2/c5-4(6,7)3(10)2(9)1-8/h2-3,9-10H,1,8H2. The molecule has 0 saturated carbocycles. The average Bonchev–Trinajstić information content (AvgIpc) is 1.83. The first-order valence-electron chi connectivity index (χ1n) is 2.52. The molecule has 0 amide bonds. The van der Waals surface area contributed by atoms with Gasteiger partial charge in [-0.05, 0) is 0 Å². The molecule has 6 heteroatoms. The molecule has 62 valence electrons. The van der Waals surface area contributed by atoms with Gasteiger partial charge in [0.25, 0.3) is 0 Å². The highest BCUT2D eigenvalue weighted by molar-refractivity contribution is 4.74. The molecule has 0 spiro atoms. The normalized spacial score (nSPS) is 18.6. The third-order valence-electron chi connectivity index (χ3n) is 0.941. The summed E-state index contributed by atoms with van der Waals surface area (Å²) >= 11 is 0. The number of aliphatic hydroxyl groups excluding tert-OH is 2. The number of alkyl halides is 3. The van der Waals surface area contributed by atoms with E-state index in [0.717, 1.165) is 0 Å². The number of aliphatic hydroxyl groups is 2. The maximum Gasteiger partial charge on any atom is 0.416 e. The topological polar surface area (TPSA) is 66.5 Å². The molecule has 10 heavy (non-hydrogen) atoms. The quantitative estimate of drug-likeness (QED) is 0.495. The van der Waals surface area contributed by atoms with Crippen LogP contribution in [0.15, 0.2) is 0 Å². The molecular weight excluding hydrogens is 151 g/mol. The summed E-state index contributed by atoms with van der Waals surface area (Å²) in [4.78, 5) is 0. The van der Waals surface area contributed by atoms with Gasteiger partial charge in [-0.2, -0.15) is 13.2 Å². The van der Waals surface area contributed by atoms with E-state index in [1.165, 1.54) is 0 Å². The Morgan fingerprint density at radius 2 is 1.70 bits per heavy atom. The van der Waals surface area contributed by atoms with Gasteiger partial charge < -0.3 is 15.9 Å². The lowest BCUT2D eigenvalue weighted by Crippen LogP contribution is -2.43. The molecule has 4 N–H and O–H groups in total. The number of hydrogen-bond donors (Lipinski definition) is 3. The molecule has 0 aliphatic heterocycles. The fraction of sp³-hybridized carbons (Fsp3) is 1.00. The molecule has 0 heterocycles. The molecule has 0 radical (unpaired) electrons. The molecule has 2 unspecified atom stereocenters. The number of rotatable bonds is 2. The van der Waals surface area contributed by atoms with Crippen LogP contribution in [0.4, 0.5) is 13.2 Å². The molecule has 0 aromatic heterocycles. The molecule has 2 atom stereocenters. The maximum atomic E-state index is 11.4. The molecule has 0 fully saturated rings. The molecule has 0 saturated heterocycles. The highest BCUT2D eigenvalue weighted by Gasteiger charge is 2.42. The third-order valence-corrected chi connectivity index (χ3v) is 0.941. The Labute approximate surface area is 55.3 Å². The van der Waals surface area contributed by atoms with E-state index in [4.69, 9.17) is 10.2 Å². The van der Waals surface area contributed by atoms with Gasteiger partial charge in [-0.15, -0.1) is 0 Å². The van der Waals surface area contributed by atoms with Crippen molar-refractivity contribution in [1.29, 1.82) is 0 Å². The zero-order chi connectivity index (χ0) is 8.36. The van der Waals surface area contributed by atoms with Crippen LogP contribution in [0.5, 0.6) is 0 Å². The summed E-state index contributed by atoms with van der Waals surface area (Å²) in [5.41, 5.74) is 4.66. The van der Waals surface area contributed by atoms with Gasteiger partial charge in [0, 0.05) is 6.54 Å². The fourth-order valence-corrected chi connectivity index (χ4v) is 0.347. The van der Waals surface area contributed by atoms with Crippen LogP contribution in [0.1, 0.15) is 0 Å². The van der Waals surface area contributed by atoms with E-state index < -0.39 is 24.9 Å². The van der Waals surface area contributed by atoms with Crippen molar-refractivity contribution in [3.05, 3.63) is 0 Å². The summed E-state index contributed by atoms with van der Waals surface area (Å²) in [6.07, 6.45) is -9.46. The molecular formula is C4H8F3NO2. The minimum Gasteiger partial charge on any atom is -0.389 e. The number of nitrogens with two attached hydrogens (primary N) is 1. The molecule has 0 aliphatic carbocycles. The highest BCUT2D eigenvalue weighted by Crippen LogP contribution is 2.21. The molecule has 0 rings (SSSR count).